The third-order valence-electron chi connectivity index (χ3n) is 7.23. The van der Waals surface area contributed by atoms with Gasteiger partial charge < -0.3 is 18.9 Å². The number of alkyl halides is 1. The summed E-state index contributed by atoms with van der Waals surface area (Å²) in [6, 6.07) is 22.5. The van der Waals surface area contributed by atoms with E-state index in [1.807, 2.05) is 72.8 Å². The largest absolute Gasteiger partial charge is 0.492 e. The van der Waals surface area contributed by atoms with Crippen molar-refractivity contribution in [2.24, 2.45) is 5.92 Å². The van der Waals surface area contributed by atoms with Crippen molar-refractivity contribution in [1.29, 1.82) is 0 Å². The van der Waals surface area contributed by atoms with E-state index >= 15 is 0 Å². The first-order valence-corrected chi connectivity index (χ1v) is 14.6. The fourth-order valence-corrected chi connectivity index (χ4v) is 6.15. The van der Waals surface area contributed by atoms with Gasteiger partial charge in [0.1, 0.15) is 28.7 Å². The average molecular weight is 562 g/mol. The zero-order valence-electron chi connectivity index (χ0n) is 22.2. The van der Waals surface area contributed by atoms with Gasteiger partial charge in [-0.25, -0.2) is 0 Å². The normalized spacial score (nSPS) is 17.9. The predicted octanol–water partition coefficient (Wildman–Crippen LogP) is 7.11. The number of benzene rings is 3. The first-order valence-electron chi connectivity index (χ1n) is 13.8. The van der Waals surface area contributed by atoms with Crippen molar-refractivity contribution in [3.05, 3.63) is 83.2 Å². The molecule has 6 nitrogen and oxygen atoms in total. The summed E-state index contributed by atoms with van der Waals surface area (Å²) in [5, 5.41) is 0.850. The van der Waals surface area contributed by atoms with Gasteiger partial charge in [-0.15, -0.1) is 11.3 Å². The minimum absolute atomic E-state index is 0.0872. The Labute approximate surface area is 237 Å². The zero-order valence-corrected chi connectivity index (χ0v) is 23.0. The van der Waals surface area contributed by atoms with Crippen LogP contribution in [0, 0.1) is 5.92 Å². The molecule has 2 aliphatic heterocycles. The van der Waals surface area contributed by atoms with Gasteiger partial charge in [-0.2, -0.15) is 0 Å². The molecular weight excluding hydrogens is 529 g/mol. The van der Waals surface area contributed by atoms with Gasteiger partial charge in [0.15, 0.2) is 12.0 Å². The lowest BCUT2D eigenvalue weighted by Gasteiger charge is -2.37. The molecule has 3 heterocycles. The van der Waals surface area contributed by atoms with Gasteiger partial charge in [0.25, 0.3) is 0 Å². The standard InChI is InChI=1S/C32H32FNO5S/c33-19-22-20-34(21-22)15-17-36-24-9-11-25(12-10-24)39-31-27-14-13-26(38-29-8-4-5-16-37-29)18-28(27)40-32(31)30(35)23-6-2-1-3-7-23/h1-3,6-7,9-14,18,22,29H,4-5,8,15-17,19-21H2. The van der Waals surface area contributed by atoms with E-state index in [1.165, 1.54) is 11.3 Å². The Hall–Kier alpha value is -3.46. The summed E-state index contributed by atoms with van der Waals surface area (Å²) >= 11 is 1.40. The fourth-order valence-electron chi connectivity index (χ4n) is 5.03. The maximum atomic E-state index is 13.6. The summed E-state index contributed by atoms with van der Waals surface area (Å²) < 4.78 is 37.6. The molecule has 0 spiro atoms. The lowest BCUT2D eigenvalue weighted by Crippen LogP contribution is -2.49. The number of ketones is 1. The Bertz CT molecular complexity index is 1430. The zero-order chi connectivity index (χ0) is 27.3. The Morgan fingerprint density at radius 3 is 2.50 bits per heavy atom. The molecule has 2 aliphatic rings. The number of hydrogen-bond acceptors (Lipinski definition) is 7. The number of ether oxygens (including phenoxy) is 4. The molecule has 0 saturated carbocycles. The minimum atomic E-state index is -0.249. The van der Waals surface area contributed by atoms with Crippen molar-refractivity contribution in [3.63, 3.8) is 0 Å². The monoisotopic (exact) mass is 561 g/mol. The molecule has 0 radical (unpaired) electrons. The second-order valence-electron chi connectivity index (χ2n) is 10.2. The number of thiophene rings is 1. The van der Waals surface area contributed by atoms with Crippen molar-refractivity contribution in [2.45, 2.75) is 25.6 Å². The Kier molecular flexibility index (Phi) is 8.27. The number of hydrogen-bond donors (Lipinski definition) is 0. The van der Waals surface area contributed by atoms with Crippen LogP contribution in [-0.4, -0.2) is 56.5 Å². The highest BCUT2D eigenvalue weighted by atomic mass is 32.1. The number of rotatable bonds is 11. The van der Waals surface area contributed by atoms with E-state index in [2.05, 4.69) is 4.90 Å². The van der Waals surface area contributed by atoms with Crippen LogP contribution < -0.4 is 14.2 Å². The van der Waals surface area contributed by atoms with E-state index < -0.39 is 0 Å². The number of nitrogens with zero attached hydrogens (tertiary/aromatic N) is 1. The van der Waals surface area contributed by atoms with E-state index in [1.54, 1.807) is 0 Å². The molecule has 2 fully saturated rings. The van der Waals surface area contributed by atoms with E-state index in [0.29, 0.717) is 40.9 Å². The second kappa shape index (κ2) is 12.4. The lowest BCUT2D eigenvalue weighted by molar-refractivity contribution is -0.105. The molecule has 1 unspecified atom stereocenters. The number of carbonyl (C=O) groups excluding carboxylic acids is 1. The first kappa shape index (κ1) is 26.7. The molecule has 4 aromatic rings. The molecule has 2 saturated heterocycles. The molecule has 8 heteroatoms. The Morgan fingerprint density at radius 1 is 0.975 bits per heavy atom. The van der Waals surface area contributed by atoms with E-state index in [0.717, 1.165) is 54.7 Å². The highest BCUT2D eigenvalue weighted by molar-refractivity contribution is 7.21. The second-order valence-corrected chi connectivity index (χ2v) is 11.3. The van der Waals surface area contributed by atoms with Gasteiger partial charge in [-0.05, 0) is 55.3 Å². The smallest absolute Gasteiger partial charge is 0.206 e. The van der Waals surface area contributed by atoms with Crippen LogP contribution in [0.1, 0.15) is 34.5 Å². The van der Waals surface area contributed by atoms with Crippen LogP contribution in [0.25, 0.3) is 10.1 Å². The highest BCUT2D eigenvalue weighted by Gasteiger charge is 2.26. The SMILES string of the molecule is O=C(c1ccccc1)c1sc2cc(OC3CCCCO3)ccc2c1Oc1ccc(OCCN2CC(CF)C2)cc1. The van der Waals surface area contributed by atoms with Crippen molar-refractivity contribution in [1.82, 2.24) is 4.90 Å². The third-order valence-corrected chi connectivity index (χ3v) is 8.37. The summed E-state index contributed by atoms with van der Waals surface area (Å²) in [4.78, 5) is 16.3. The van der Waals surface area contributed by atoms with Crippen molar-refractivity contribution in [3.8, 4) is 23.0 Å². The van der Waals surface area contributed by atoms with Gasteiger partial charge in [0.2, 0.25) is 5.78 Å². The van der Waals surface area contributed by atoms with E-state index in [9.17, 15) is 9.18 Å². The summed E-state index contributed by atoms with van der Waals surface area (Å²) in [5.74, 6) is 2.68. The molecule has 40 heavy (non-hydrogen) atoms. The van der Waals surface area contributed by atoms with Crippen LogP contribution in [-0.2, 0) is 4.74 Å². The highest BCUT2D eigenvalue weighted by Crippen LogP contribution is 2.43. The van der Waals surface area contributed by atoms with Gasteiger partial charge in [0, 0.05) is 47.6 Å². The summed E-state index contributed by atoms with van der Waals surface area (Å²) in [6.45, 7) is 3.38. The van der Waals surface area contributed by atoms with Gasteiger partial charge in [-0.1, -0.05) is 30.3 Å². The third kappa shape index (κ3) is 6.14. The van der Waals surface area contributed by atoms with Crippen LogP contribution >= 0.6 is 11.3 Å². The summed E-state index contributed by atoms with van der Waals surface area (Å²) in [7, 11) is 0. The van der Waals surface area contributed by atoms with Crippen LogP contribution in [0.15, 0.2) is 72.8 Å². The summed E-state index contributed by atoms with van der Waals surface area (Å²) in [5.41, 5.74) is 0.606. The number of carbonyl (C=O) groups is 1. The first-order chi connectivity index (χ1) is 19.7. The molecule has 3 aromatic carbocycles. The van der Waals surface area contributed by atoms with E-state index in [4.69, 9.17) is 18.9 Å². The van der Waals surface area contributed by atoms with Crippen molar-refractivity contribution in [2.75, 3.05) is 39.5 Å². The molecule has 0 aliphatic carbocycles. The number of halogens is 1. The van der Waals surface area contributed by atoms with Crippen LogP contribution in [0.3, 0.4) is 0 Å². The molecule has 6 rings (SSSR count). The van der Waals surface area contributed by atoms with Crippen molar-refractivity contribution < 1.29 is 28.1 Å². The molecule has 208 valence electrons. The minimum Gasteiger partial charge on any atom is -0.492 e. The van der Waals surface area contributed by atoms with Gasteiger partial charge in [-0.3, -0.25) is 14.1 Å². The Balaban J connectivity index is 1.20. The molecule has 1 aromatic heterocycles. The molecule has 0 bridgehead atoms. The lowest BCUT2D eigenvalue weighted by atomic mass is 10.0. The van der Waals surface area contributed by atoms with Gasteiger partial charge in [0.05, 0.1) is 13.3 Å². The van der Waals surface area contributed by atoms with E-state index in [-0.39, 0.29) is 24.7 Å². The van der Waals surface area contributed by atoms with Crippen LogP contribution in [0.5, 0.6) is 23.0 Å². The predicted molar refractivity (Wildman–Crippen MR) is 154 cm³/mol. The van der Waals surface area contributed by atoms with Crippen molar-refractivity contribution >= 4 is 27.2 Å². The fraction of sp³-hybridized carbons (Fsp3) is 0.344. The molecule has 0 amide bonds. The average Bonchev–Trinajstić information content (AvgIpc) is 3.33. The summed E-state index contributed by atoms with van der Waals surface area (Å²) in [6.07, 6.45) is 2.77. The number of fused-ring (bicyclic) bond motifs is 1. The maximum absolute atomic E-state index is 13.6. The van der Waals surface area contributed by atoms with Crippen LogP contribution in [0.4, 0.5) is 4.39 Å². The number of likely N-dealkylation sites (tertiary alicyclic amines) is 1. The maximum Gasteiger partial charge on any atom is 0.206 e. The van der Waals surface area contributed by atoms with Gasteiger partial charge >= 0.3 is 0 Å². The topological polar surface area (TPSA) is 57.2 Å². The molecular formula is C32H32FNO5S. The quantitative estimate of drug-likeness (QED) is 0.182. The molecule has 1 atom stereocenters. The molecule has 0 N–H and O–H groups in total. The Morgan fingerprint density at radius 2 is 1.75 bits per heavy atom. The van der Waals surface area contributed by atoms with Crippen LogP contribution in [0.2, 0.25) is 0 Å².